The smallest absolute Gasteiger partial charge is 0.0478 e. The summed E-state index contributed by atoms with van der Waals surface area (Å²) in [6.07, 6.45) is 1.04. The van der Waals surface area contributed by atoms with Crippen molar-refractivity contribution in [2.75, 3.05) is 20.1 Å². The molecule has 0 heterocycles. The molecule has 1 unspecified atom stereocenters. The second kappa shape index (κ2) is 7.58. The van der Waals surface area contributed by atoms with Crippen LogP contribution in [0, 0.1) is 0 Å². The van der Waals surface area contributed by atoms with Crippen molar-refractivity contribution in [2.45, 2.75) is 12.5 Å². The fourth-order valence-electron chi connectivity index (χ4n) is 2.40. The third kappa shape index (κ3) is 3.92. The van der Waals surface area contributed by atoms with Crippen LogP contribution in [-0.2, 0) is 6.42 Å². The number of hydrogen-bond donors (Lipinski definition) is 1. The Labute approximate surface area is 129 Å². The molecule has 0 amide bonds. The summed E-state index contributed by atoms with van der Waals surface area (Å²) in [6.45, 7) is 1.61. The summed E-state index contributed by atoms with van der Waals surface area (Å²) < 4.78 is 1.13. The van der Waals surface area contributed by atoms with Crippen molar-refractivity contribution in [2.24, 2.45) is 5.73 Å². The molecule has 106 valence electrons. The van der Waals surface area contributed by atoms with E-state index in [0.29, 0.717) is 6.54 Å². The van der Waals surface area contributed by atoms with E-state index < -0.39 is 0 Å². The zero-order valence-electron chi connectivity index (χ0n) is 11.8. The van der Waals surface area contributed by atoms with Crippen molar-refractivity contribution in [3.05, 3.63) is 70.2 Å². The Morgan fingerprint density at radius 3 is 2.35 bits per heavy atom. The molecule has 0 aliphatic carbocycles. The number of likely N-dealkylation sites (N-methyl/N-ethyl adjacent to an activating group) is 1. The Morgan fingerprint density at radius 1 is 1.05 bits per heavy atom. The Morgan fingerprint density at radius 2 is 1.70 bits per heavy atom. The number of rotatable bonds is 6. The first kappa shape index (κ1) is 15.2. The average Bonchev–Trinajstić information content (AvgIpc) is 2.49. The van der Waals surface area contributed by atoms with Crippen LogP contribution in [0.2, 0.25) is 0 Å². The summed E-state index contributed by atoms with van der Waals surface area (Å²) in [5.41, 5.74) is 8.60. The Balaban J connectivity index is 2.03. The van der Waals surface area contributed by atoms with Crippen LogP contribution in [0.25, 0.3) is 0 Å². The molecule has 0 saturated heterocycles. The molecule has 0 fully saturated rings. The molecular formula is C17H21BrN2. The lowest BCUT2D eigenvalue weighted by atomic mass is 10.0. The van der Waals surface area contributed by atoms with Gasteiger partial charge in [-0.3, -0.25) is 4.90 Å². The van der Waals surface area contributed by atoms with Crippen molar-refractivity contribution < 1.29 is 0 Å². The minimum absolute atomic E-state index is 0.245. The number of halogens is 1. The Kier molecular flexibility index (Phi) is 5.77. The predicted molar refractivity (Wildman–Crippen MR) is 88.7 cm³/mol. The Bertz CT molecular complexity index is 528. The van der Waals surface area contributed by atoms with E-state index in [9.17, 15) is 0 Å². The van der Waals surface area contributed by atoms with Gasteiger partial charge in [0.1, 0.15) is 0 Å². The summed E-state index contributed by atoms with van der Waals surface area (Å²) in [5, 5.41) is 0. The van der Waals surface area contributed by atoms with Gasteiger partial charge in [0.15, 0.2) is 0 Å². The molecule has 0 saturated carbocycles. The van der Waals surface area contributed by atoms with Gasteiger partial charge in [0.05, 0.1) is 0 Å². The minimum Gasteiger partial charge on any atom is -0.329 e. The average molecular weight is 333 g/mol. The van der Waals surface area contributed by atoms with Crippen molar-refractivity contribution >= 4 is 15.9 Å². The molecule has 2 nitrogen and oxygen atoms in total. The number of nitrogens with two attached hydrogens (primary N) is 1. The second-order valence-corrected chi connectivity index (χ2v) is 5.84. The molecule has 0 spiro atoms. The van der Waals surface area contributed by atoms with E-state index >= 15 is 0 Å². The third-order valence-corrected chi connectivity index (χ3v) is 4.34. The zero-order chi connectivity index (χ0) is 14.4. The number of nitrogens with zero attached hydrogens (tertiary/aromatic N) is 1. The highest BCUT2D eigenvalue weighted by Crippen LogP contribution is 2.26. The highest BCUT2D eigenvalue weighted by molar-refractivity contribution is 9.10. The van der Waals surface area contributed by atoms with Crippen LogP contribution in [0.4, 0.5) is 0 Å². The van der Waals surface area contributed by atoms with Gasteiger partial charge in [-0.25, -0.2) is 0 Å². The lowest BCUT2D eigenvalue weighted by Crippen LogP contribution is -2.32. The molecule has 0 aromatic heterocycles. The first-order chi connectivity index (χ1) is 9.72. The van der Waals surface area contributed by atoms with Gasteiger partial charge in [0, 0.05) is 23.6 Å². The molecule has 2 aromatic carbocycles. The van der Waals surface area contributed by atoms with E-state index in [1.165, 1.54) is 11.1 Å². The number of benzene rings is 2. The van der Waals surface area contributed by atoms with Gasteiger partial charge in [-0.1, -0.05) is 64.5 Å². The van der Waals surface area contributed by atoms with Gasteiger partial charge in [0.25, 0.3) is 0 Å². The van der Waals surface area contributed by atoms with Crippen molar-refractivity contribution in [3.8, 4) is 0 Å². The van der Waals surface area contributed by atoms with Crippen LogP contribution in [-0.4, -0.2) is 25.0 Å². The van der Waals surface area contributed by atoms with E-state index in [2.05, 4.69) is 76.4 Å². The van der Waals surface area contributed by atoms with Gasteiger partial charge in [-0.2, -0.15) is 0 Å². The highest BCUT2D eigenvalue weighted by atomic mass is 79.9. The fourth-order valence-corrected chi connectivity index (χ4v) is 2.94. The SMILES string of the molecule is CN(CCc1ccccc1)C(CN)c1ccccc1Br. The van der Waals surface area contributed by atoms with E-state index in [4.69, 9.17) is 5.73 Å². The third-order valence-electron chi connectivity index (χ3n) is 3.62. The van der Waals surface area contributed by atoms with Crippen molar-refractivity contribution in [1.29, 1.82) is 0 Å². The van der Waals surface area contributed by atoms with Gasteiger partial charge >= 0.3 is 0 Å². The van der Waals surface area contributed by atoms with Gasteiger partial charge < -0.3 is 5.73 Å². The molecule has 0 aliphatic rings. The largest absolute Gasteiger partial charge is 0.329 e. The predicted octanol–water partition coefficient (Wildman–Crippen LogP) is 3.62. The lowest BCUT2D eigenvalue weighted by Gasteiger charge is -2.28. The summed E-state index contributed by atoms with van der Waals surface area (Å²) in [4.78, 5) is 2.33. The van der Waals surface area contributed by atoms with Gasteiger partial charge in [-0.05, 0) is 30.7 Å². The maximum absolute atomic E-state index is 5.98. The molecular weight excluding hydrogens is 312 g/mol. The van der Waals surface area contributed by atoms with E-state index in [0.717, 1.165) is 17.4 Å². The topological polar surface area (TPSA) is 29.3 Å². The summed E-state index contributed by atoms with van der Waals surface area (Å²) in [7, 11) is 2.14. The molecule has 1 atom stereocenters. The van der Waals surface area contributed by atoms with Crippen LogP contribution >= 0.6 is 15.9 Å². The van der Waals surface area contributed by atoms with E-state index in [1.807, 2.05) is 6.07 Å². The zero-order valence-corrected chi connectivity index (χ0v) is 13.4. The number of hydrogen-bond acceptors (Lipinski definition) is 2. The standard InChI is InChI=1S/C17H21BrN2/c1-20(12-11-14-7-3-2-4-8-14)17(13-19)15-9-5-6-10-16(15)18/h2-10,17H,11-13,19H2,1H3. The highest BCUT2D eigenvalue weighted by Gasteiger charge is 2.17. The summed E-state index contributed by atoms with van der Waals surface area (Å²) >= 11 is 3.62. The quantitative estimate of drug-likeness (QED) is 0.875. The molecule has 0 aliphatic heterocycles. The Hall–Kier alpha value is -1.16. The van der Waals surface area contributed by atoms with Crippen molar-refractivity contribution in [1.82, 2.24) is 4.90 Å². The first-order valence-electron chi connectivity index (χ1n) is 6.91. The normalized spacial score (nSPS) is 12.6. The molecule has 2 rings (SSSR count). The van der Waals surface area contributed by atoms with E-state index in [1.54, 1.807) is 0 Å². The molecule has 2 N–H and O–H groups in total. The van der Waals surface area contributed by atoms with Crippen LogP contribution in [0.15, 0.2) is 59.1 Å². The van der Waals surface area contributed by atoms with Crippen molar-refractivity contribution in [3.63, 3.8) is 0 Å². The van der Waals surface area contributed by atoms with Gasteiger partial charge in [-0.15, -0.1) is 0 Å². The van der Waals surface area contributed by atoms with E-state index in [-0.39, 0.29) is 6.04 Å². The maximum Gasteiger partial charge on any atom is 0.0478 e. The molecule has 20 heavy (non-hydrogen) atoms. The maximum atomic E-state index is 5.98. The fraction of sp³-hybridized carbons (Fsp3) is 0.294. The monoisotopic (exact) mass is 332 g/mol. The molecule has 3 heteroatoms. The molecule has 0 radical (unpaired) electrons. The molecule has 0 bridgehead atoms. The second-order valence-electron chi connectivity index (χ2n) is 4.99. The van der Waals surface area contributed by atoms with Crippen LogP contribution in [0.3, 0.4) is 0 Å². The molecule has 2 aromatic rings. The van der Waals surface area contributed by atoms with Crippen LogP contribution < -0.4 is 5.73 Å². The summed E-state index contributed by atoms with van der Waals surface area (Å²) in [5.74, 6) is 0. The van der Waals surface area contributed by atoms with Crippen LogP contribution in [0.5, 0.6) is 0 Å². The van der Waals surface area contributed by atoms with Crippen LogP contribution in [0.1, 0.15) is 17.2 Å². The lowest BCUT2D eigenvalue weighted by molar-refractivity contribution is 0.252. The minimum atomic E-state index is 0.245. The van der Waals surface area contributed by atoms with Gasteiger partial charge in [0.2, 0.25) is 0 Å². The summed E-state index contributed by atoms with van der Waals surface area (Å²) in [6, 6.07) is 19.1. The first-order valence-corrected chi connectivity index (χ1v) is 7.70.